The van der Waals surface area contributed by atoms with E-state index in [1.165, 1.54) is 0 Å². The number of hydrogen-bond donors (Lipinski definition) is 2. The first-order valence-corrected chi connectivity index (χ1v) is 8.65. The van der Waals surface area contributed by atoms with E-state index in [9.17, 15) is 0 Å². The molecule has 0 aliphatic rings. The fourth-order valence-corrected chi connectivity index (χ4v) is 2.37. The second-order valence-electron chi connectivity index (χ2n) is 5.67. The summed E-state index contributed by atoms with van der Waals surface area (Å²) < 4.78 is 10.6. The highest BCUT2D eigenvalue weighted by Gasteiger charge is 2.12. The van der Waals surface area contributed by atoms with Crippen LogP contribution < -0.4 is 20.1 Å². The molecule has 0 saturated carbocycles. The van der Waals surface area contributed by atoms with Crippen LogP contribution in [0.5, 0.6) is 11.8 Å². The number of pyridine rings is 1. The first-order valence-electron chi connectivity index (χ1n) is 8.65. The van der Waals surface area contributed by atoms with Crippen molar-refractivity contribution in [2.45, 2.75) is 19.9 Å². The molecule has 2 heterocycles. The summed E-state index contributed by atoms with van der Waals surface area (Å²) in [5.41, 5.74) is 1.72. The predicted octanol–water partition coefficient (Wildman–Crippen LogP) is 3.59. The van der Waals surface area contributed by atoms with Gasteiger partial charge in [-0.25, -0.2) is 0 Å². The van der Waals surface area contributed by atoms with Gasteiger partial charge in [0.1, 0.15) is 5.75 Å². The second kappa shape index (κ2) is 8.79. The van der Waals surface area contributed by atoms with E-state index in [-0.39, 0.29) is 12.1 Å². The van der Waals surface area contributed by atoms with Crippen LogP contribution in [-0.2, 0) is 0 Å². The number of hydrogen-bond acceptors (Lipinski definition) is 8. The van der Waals surface area contributed by atoms with E-state index in [1.54, 1.807) is 13.3 Å². The minimum atomic E-state index is -0.0723. The van der Waals surface area contributed by atoms with Gasteiger partial charge in [0, 0.05) is 11.9 Å². The fourth-order valence-electron chi connectivity index (χ4n) is 2.37. The molecule has 3 rings (SSSR count). The lowest BCUT2D eigenvalue weighted by molar-refractivity contribution is 0.312. The van der Waals surface area contributed by atoms with E-state index < -0.39 is 0 Å². The summed E-state index contributed by atoms with van der Waals surface area (Å²) in [6.07, 6.45) is 1.75. The molecule has 2 N–H and O–H groups in total. The van der Waals surface area contributed by atoms with Gasteiger partial charge in [0.05, 0.1) is 25.5 Å². The highest BCUT2D eigenvalue weighted by molar-refractivity contribution is 5.55. The molecule has 0 amide bonds. The Bertz CT molecular complexity index is 858. The summed E-state index contributed by atoms with van der Waals surface area (Å²) in [6, 6.07) is 13.4. The van der Waals surface area contributed by atoms with Crippen LogP contribution >= 0.6 is 0 Å². The van der Waals surface area contributed by atoms with Crippen molar-refractivity contribution in [2.24, 2.45) is 0 Å². The lowest BCUT2D eigenvalue weighted by atomic mass is 10.2. The lowest BCUT2D eigenvalue weighted by Gasteiger charge is -2.15. The van der Waals surface area contributed by atoms with Gasteiger partial charge < -0.3 is 20.1 Å². The maximum absolute atomic E-state index is 5.47. The van der Waals surface area contributed by atoms with Crippen molar-refractivity contribution in [2.75, 3.05) is 24.4 Å². The van der Waals surface area contributed by atoms with Crippen molar-refractivity contribution in [3.63, 3.8) is 0 Å². The number of benzene rings is 1. The Hall–Kier alpha value is -3.42. The zero-order valence-electron chi connectivity index (χ0n) is 15.5. The average molecular weight is 366 g/mol. The van der Waals surface area contributed by atoms with Crippen molar-refractivity contribution < 1.29 is 9.47 Å². The second-order valence-corrected chi connectivity index (χ2v) is 5.67. The third-order valence-electron chi connectivity index (χ3n) is 3.71. The molecule has 1 unspecified atom stereocenters. The molecular weight excluding hydrogens is 344 g/mol. The van der Waals surface area contributed by atoms with Gasteiger partial charge in [-0.15, -0.1) is 0 Å². The van der Waals surface area contributed by atoms with Gasteiger partial charge in [-0.3, -0.25) is 4.98 Å². The molecule has 0 aliphatic heterocycles. The highest BCUT2D eigenvalue weighted by Crippen LogP contribution is 2.21. The molecule has 0 fully saturated rings. The summed E-state index contributed by atoms with van der Waals surface area (Å²) in [4.78, 5) is 17.4. The molecule has 3 aromatic rings. The molecule has 2 aromatic heterocycles. The highest BCUT2D eigenvalue weighted by atomic mass is 16.5. The van der Waals surface area contributed by atoms with Crippen LogP contribution in [0.25, 0.3) is 0 Å². The fraction of sp³-hybridized carbons (Fsp3) is 0.263. The Balaban J connectivity index is 1.81. The van der Waals surface area contributed by atoms with E-state index in [0.717, 1.165) is 17.1 Å². The zero-order chi connectivity index (χ0) is 19.1. The molecule has 1 aromatic carbocycles. The number of methoxy groups -OCH3 is 1. The number of anilines is 3. The smallest absolute Gasteiger partial charge is 0.323 e. The molecule has 0 radical (unpaired) electrons. The van der Waals surface area contributed by atoms with Gasteiger partial charge in [-0.05, 0) is 50.2 Å². The molecule has 27 heavy (non-hydrogen) atoms. The quantitative estimate of drug-likeness (QED) is 0.625. The monoisotopic (exact) mass is 366 g/mol. The van der Waals surface area contributed by atoms with Crippen LogP contribution in [0.15, 0.2) is 48.7 Å². The van der Waals surface area contributed by atoms with Gasteiger partial charge in [-0.2, -0.15) is 15.0 Å². The van der Waals surface area contributed by atoms with Gasteiger partial charge in [0.25, 0.3) is 0 Å². The van der Waals surface area contributed by atoms with Crippen molar-refractivity contribution >= 4 is 17.6 Å². The topological polar surface area (TPSA) is 94.1 Å². The molecule has 0 bridgehead atoms. The third kappa shape index (κ3) is 5.04. The summed E-state index contributed by atoms with van der Waals surface area (Å²) in [7, 11) is 1.63. The van der Waals surface area contributed by atoms with Crippen LogP contribution in [0.1, 0.15) is 25.6 Å². The molecule has 0 saturated heterocycles. The largest absolute Gasteiger partial charge is 0.497 e. The zero-order valence-corrected chi connectivity index (χ0v) is 15.5. The first-order chi connectivity index (χ1) is 13.2. The average Bonchev–Trinajstić information content (AvgIpc) is 2.69. The Morgan fingerprint density at radius 3 is 2.44 bits per heavy atom. The van der Waals surface area contributed by atoms with E-state index in [1.807, 2.05) is 56.3 Å². The van der Waals surface area contributed by atoms with Gasteiger partial charge in [0.2, 0.25) is 11.9 Å². The molecule has 0 aliphatic carbocycles. The number of nitrogens with zero attached hydrogens (tertiary/aromatic N) is 4. The lowest BCUT2D eigenvalue weighted by Crippen LogP contribution is -2.13. The summed E-state index contributed by atoms with van der Waals surface area (Å²) in [5.74, 6) is 1.56. The predicted molar refractivity (Wildman–Crippen MR) is 104 cm³/mol. The maximum atomic E-state index is 5.47. The molecule has 140 valence electrons. The van der Waals surface area contributed by atoms with Crippen LogP contribution in [0, 0.1) is 0 Å². The van der Waals surface area contributed by atoms with Crippen molar-refractivity contribution in [3.8, 4) is 11.8 Å². The summed E-state index contributed by atoms with van der Waals surface area (Å²) in [6.45, 7) is 4.33. The molecular formula is C19H22N6O2. The van der Waals surface area contributed by atoms with Crippen LogP contribution in [0.4, 0.5) is 17.6 Å². The van der Waals surface area contributed by atoms with Crippen LogP contribution in [0.2, 0.25) is 0 Å². The standard InChI is InChI=1S/C19H22N6O2/c1-4-27-19-24-17(21-13(2)16-7-5-6-12-20-16)23-18(25-19)22-14-8-10-15(26-3)11-9-14/h5-13H,4H2,1-3H3,(H2,21,22,23,24,25). The summed E-state index contributed by atoms with van der Waals surface area (Å²) >= 11 is 0. The number of ether oxygens (including phenoxy) is 2. The van der Waals surface area contributed by atoms with Crippen LogP contribution in [0.3, 0.4) is 0 Å². The van der Waals surface area contributed by atoms with E-state index in [4.69, 9.17) is 9.47 Å². The van der Waals surface area contributed by atoms with E-state index >= 15 is 0 Å². The summed E-state index contributed by atoms with van der Waals surface area (Å²) in [5, 5.41) is 6.39. The third-order valence-corrected chi connectivity index (χ3v) is 3.71. The molecule has 8 nitrogen and oxygen atoms in total. The first kappa shape index (κ1) is 18.4. The normalized spacial score (nSPS) is 11.5. The van der Waals surface area contributed by atoms with E-state index in [2.05, 4.69) is 30.6 Å². The van der Waals surface area contributed by atoms with Crippen LogP contribution in [-0.4, -0.2) is 33.7 Å². The molecule has 1 atom stereocenters. The Kier molecular flexibility index (Phi) is 5.98. The van der Waals surface area contributed by atoms with E-state index in [0.29, 0.717) is 18.5 Å². The molecule has 0 spiro atoms. The maximum Gasteiger partial charge on any atom is 0.323 e. The minimum absolute atomic E-state index is 0.0723. The van der Waals surface area contributed by atoms with Gasteiger partial charge in [-0.1, -0.05) is 6.07 Å². The van der Waals surface area contributed by atoms with Gasteiger partial charge >= 0.3 is 6.01 Å². The molecule has 8 heteroatoms. The Morgan fingerprint density at radius 1 is 1.00 bits per heavy atom. The van der Waals surface area contributed by atoms with Crippen molar-refractivity contribution in [1.29, 1.82) is 0 Å². The van der Waals surface area contributed by atoms with Gasteiger partial charge in [0.15, 0.2) is 0 Å². The van der Waals surface area contributed by atoms with Crippen molar-refractivity contribution in [1.82, 2.24) is 19.9 Å². The SMILES string of the molecule is CCOc1nc(Nc2ccc(OC)cc2)nc(NC(C)c2ccccn2)n1. The minimum Gasteiger partial charge on any atom is -0.497 e. The Labute approximate surface area is 158 Å². The number of nitrogens with one attached hydrogen (secondary N) is 2. The Morgan fingerprint density at radius 2 is 1.78 bits per heavy atom. The number of rotatable bonds is 8. The van der Waals surface area contributed by atoms with Crippen molar-refractivity contribution in [3.05, 3.63) is 54.4 Å². The number of aromatic nitrogens is 4.